The zero-order valence-electron chi connectivity index (χ0n) is 16.0. The average molecular weight is 476 g/mol. The number of fused-ring (bicyclic) bond motifs is 1. The van der Waals surface area contributed by atoms with E-state index in [4.69, 9.17) is 16.0 Å². The maximum absolute atomic E-state index is 13.1. The first-order chi connectivity index (χ1) is 14.6. The maximum Gasteiger partial charge on any atom is 0.421 e. The molecule has 3 aromatic rings. The minimum atomic E-state index is -4.76. The van der Waals surface area contributed by atoms with Crippen molar-refractivity contribution >= 4 is 32.7 Å². The third kappa shape index (κ3) is 4.22. The Morgan fingerprint density at radius 3 is 2.39 bits per heavy atom. The van der Waals surface area contributed by atoms with Gasteiger partial charge in [-0.3, -0.25) is 9.47 Å². The summed E-state index contributed by atoms with van der Waals surface area (Å²) in [4.78, 5) is 13.5. The molecule has 1 aliphatic rings. The van der Waals surface area contributed by atoms with E-state index in [1.807, 2.05) is 4.90 Å². The van der Waals surface area contributed by atoms with E-state index in [-0.39, 0.29) is 19.8 Å². The Balaban J connectivity index is 1.49. The average Bonchev–Trinajstić information content (AvgIpc) is 3.03. The minimum absolute atomic E-state index is 0.0663. The largest absolute Gasteiger partial charge is 0.421 e. The van der Waals surface area contributed by atoms with Crippen LogP contribution in [0.5, 0.6) is 0 Å². The quantitative estimate of drug-likeness (QED) is 0.579. The number of halogens is 4. The molecule has 0 bridgehead atoms. The van der Waals surface area contributed by atoms with E-state index in [9.17, 15) is 26.4 Å². The van der Waals surface area contributed by atoms with Gasteiger partial charge in [-0.1, -0.05) is 23.7 Å². The summed E-state index contributed by atoms with van der Waals surface area (Å²) in [5, 5.41) is -0.561. The van der Waals surface area contributed by atoms with Crippen molar-refractivity contribution in [1.29, 1.82) is 0 Å². The van der Waals surface area contributed by atoms with Crippen LogP contribution < -0.4 is 5.76 Å². The van der Waals surface area contributed by atoms with Gasteiger partial charge in [0.25, 0.3) is 0 Å². The maximum atomic E-state index is 13.1. The Bertz CT molecular complexity index is 1280. The van der Waals surface area contributed by atoms with Crippen LogP contribution in [0.25, 0.3) is 11.1 Å². The van der Waals surface area contributed by atoms with Crippen LogP contribution in [0, 0.1) is 0 Å². The van der Waals surface area contributed by atoms with Crippen LogP contribution >= 0.6 is 11.6 Å². The van der Waals surface area contributed by atoms with Crippen LogP contribution in [0.1, 0.15) is 5.56 Å². The van der Waals surface area contributed by atoms with Crippen LogP contribution in [-0.2, 0) is 22.9 Å². The molecule has 4 rings (SSSR count). The monoisotopic (exact) mass is 475 g/mol. The molecule has 12 heteroatoms. The summed E-state index contributed by atoms with van der Waals surface area (Å²) >= 11 is 5.59. The predicted octanol–water partition coefficient (Wildman–Crippen LogP) is 3.23. The lowest BCUT2D eigenvalue weighted by atomic mass is 10.2. The summed E-state index contributed by atoms with van der Waals surface area (Å²) < 4.78 is 72.8. The van der Waals surface area contributed by atoms with E-state index in [0.717, 1.165) is 16.4 Å². The van der Waals surface area contributed by atoms with Crippen molar-refractivity contribution < 1.29 is 26.0 Å². The van der Waals surface area contributed by atoms with Crippen molar-refractivity contribution in [3.8, 4) is 0 Å². The molecular formula is C19H17ClF3N3O4S. The summed E-state index contributed by atoms with van der Waals surface area (Å²) in [5.41, 5.74) is -0.111. The van der Waals surface area contributed by atoms with Crippen LogP contribution in [0.15, 0.2) is 56.6 Å². The SMILES string of the molecule is O=c1oc2ccccc2n1CN1CCN(S(=O)(=O)c2ccc(Cl)c(C(F)(F)F)c2)CC1. The van der Waals surface area contributed by atoms with Gasteiger partial charge in [-0.05, 0) is 30.3 Å². The van der Waals surface area contributed by atoms with Crippen molar-refractivity contribution in [1.82, 2.24) is 13.8 Å². The number of piperazine rings is 1. The van der Waals surface area contributed by atoms with Crippen molar-refractivity contribution in [2.24, 2.45) is 0 Å². The van der Waals surface area contributed by atoms with E-state index < -0.39 is 37.4 Å². The Labute approximate surface area is 180 Å². The number of nitrogens with zero attached hydrogens (tertiary/aromatic N) is 3. The van der Waals surface area contributed by atoms with Crippen LogP contribution in [0.3, 0.4) is 0 Å². The van der Waals surface area contributed by atoms with E-state index in [0.29, 0.717) is 30.3 Å². The Kier molecular flexibility index (Phi) is 5.63. The molecule has 31 heavy (non-hydrogen) atoms. The molecule has 0 unspecified atom stereocenters. The molecule has 1 saturated heterocycles. The second-order valence-corrected chi connectivity index (χ2v) is 9.41. The molecule has 0 atom stereocenters. The van der Waals surface area contributed by atoms with Gasteiger partial charge in [0, 0.05) is 26.2 Å². The Morgan fingerprint density at radius 2 is 1.71 bits per heavy atom. The zero-order valence-corrected chi connectivity index (χ0v) is 17.5. The van der Waals surface area contributed by atoms with Gasteiger partial charge in [0.05, 0.1) is 27.7 Å². The number of hydrogen-bond donors (Lipinski definition) is 0. The number of sulfonamides is 1. The summed E-state index contributed by atoms with van der Waals surface area (Å²) in [6.07, 6.45) is -4.76. The van der Waals surface area contributed by atoms with Crippen molar-refractivity contribution in [3.63, 3.8) is 0 Å². The van der Waals surface area contributed by atoms with Gasteiger partial charge in [0.15, 0.2) is 5.58 Å². The number of hydrogen-bond acceptors (Lipinski definition) is 5. The van der Waals surface area contributed by atoms with Gasteiger partial charge < -0.3 is 4.42 Å². The van der Waals surface area contributed by atoms with Crippen molar-refractivity contribution in [2.75, 3.05) is 26.2 Å². The molecule has 7 nitrogen and oxygen atoms in total. The van der Waals surface area contributed by atoms with Gasteiger partial charge in [-0.2, -0.15) is 17.5 Å². The standard InChI is InChI=1S/C19H17ClF3N3O4S/c20-15-6-5-13(11-14(15)19(21,22)23)31(28,29)25-9-7-24(8-10-25)12-26-16-3-1-2-4-17(16)30-18(26)27/h1-6,11H,7-10,12H2. The smallest absolute Gasteiger partial charge is 0.408 e. The normalized spacial score (nSPS) is 16.8. The van der Waals surface area contributed by atoms with Gasteiger partial charge in [-0.15, -0.1) is 0 Å². The molecule has 0 amide bonds. The van der Waals surface area contributed by atoms with E-state index in [1.54, 1.807) is 24.3 Å². The number of alkyl halides is 3. The lowest BCUT2D eigenvalue weighted by molar-refractivity contribution is -0.137. The number of oxazole rings is 1. The van der Waals surface area contributed by atoms with Gasteiger partial charge in [0.2, 0.25) is 10.0 Å². The molecule has 0 N–H and O–H groups in total. The summed E-state index contributed by atoms with van der Waals surface area (Å²) in [6, 6.07) is 9.51. The van der Waals surface area contributed by atoms with Crippen molar-refractivity contribution in [3.05, 3.63) is 63.6 Å². The fourth-order valence-corrected chi connectivity index (χ4v) is 5.16. The second kappa shape index (κ2) is 7.97. The molecule has 0 saturated carbocycles. The highest BCUT2D eigenvalue weighted by atomic mass is 35.5. The molecule has 2 heterocycles. The Hall–Kier alpha value is -2.34. The zero-order chi connectivity index (χ0) is 22.4. The highest BCUT2D eigenvalue weighted by Gasteiger charge is 2.36. The molecule has 1 aromatic heterocycles. The van der Waals surface area contributed by atoms with E-state index in [1.165, 1.54) is 4.57 Å². The van der Waals surface area contributed by atoms with Crippen LogP contribution in [-0.4, -0.2) is 48.4 Å². The lowest BCUT2D eigenvalue weighted by Crippen LogP contribution is -2.49. The summed E-state index contributed by atoms with van der Waals surface area (Å²) in [7, 11) is -4.13. The summed E-state index contributed by atoms with van der Waals surface area (Å²) in [6.45, 7) is 0.937. The molecule has 0 aliphatic carbocycles. The van der Waals surface area contributed by atoms with Crippen LogP contribution in [0.2, 0.25) is 5.02 Å². The fraction of sp³-hybridized carbons (Fsp3) is 0.316. The number of benzene rings is 2. The third-order valence-electron chi connectivity index (χ3n) is 5.13. The molecule has 166 valence electrons. The second-order valence-electron chi connectivity index (χ2n) is 7.07. The molecular weight excluding hydrogens is 459 g/mol. The van der Waals surface area contributed by atoms with Gasteiger partial charge >= 0.3 is 11.9 Å². The van der Waals surface area contributed by atoms with E-state index in [2.05, 4.69) is 0 Å². The molecule has 2 aromatic carbocycles. The van der Waals surface area contributed by atoms with Crippen LogP contribution in [0.4, 0.5) is 13.2 Å². The fourth-order valence-electron chi connectivity index (χ4n) is 3.49. The summed E-state index contributed by atoms with van der Waals surface area (Å²) in [5.74, 6) is -0.517. The first kappa shape index (κ1) is 21.9. The lowest BCUT2D eigenvalue weighted by Gasteiger charge is -2.33. The number of rotatable bonds is 4. The Morgan fingerprint density at radius 1 is 1.03 bits per heavy atom. The third-order valence-corrected chi connectivity index (χ3v) is 7.35. The molecule has 0 spiro atoms. The first-order valence-electron chi connectivity index (χ1n) is 9.25. The van der Waals surface area contributed by atoms with Gasteiger partial charge in [-0.25, -0.2) is 13.2 Å². The molecule has 0 radical (unpaired) electrons. The number of para-hydroxylation sites is 2. The topological polar surface area (TPSA) is 75.8 Å². The minimum Gasteiger partial charge on any atom is -0.408 e. The molecule has 1 fully saturated rings. The van der Waals surface area contributed by atoms with Crippen molar-refractivity contribution in [2.45, 2.75) is 17.7 Å². The predicted molar refractivity (Wildman–Crippen MR) is 107 cm³/mol. The highest BCUT2D eigenvalue weighted by molar-refractivity contribution is 7.89. The number of aromatic nitrogens is 1. The molecule has 1 aliphatic heterocycles. The van der Waals surface area contributed by atoms with Gasteiger partial charge in [0.1, 0.15) is 0 Å². The highest BCUT2D eigenvalue weighted by Crippen LogP contribution is 2.36. The first-order valence-corrected chi connectivity index (χ1v) is 11.1. The van der Waals surface area contributed by atoms with E-state index >= 15 is 0 Å².